The van der Waals surface area contributed by atoms with Crippen molar-refractivity contribution in [1.82, 2.24) is 25.4 Å². The monoisotopic (exact) mass is 261 g/mol. The number of anilines is 2. The van der Waals surface area contributed by atoms with E-state index in [1.807, 2.05) is 0 Å². The quantitative estimate of drug-likeness (QED) is 0.646. The van der Waals surface area contributed by atoms with Gasteiger partial charge in [0.05, 0.1) is 11.9 Å². The highest BCUT2D eigenvalue weighted by atomic mass is 15.3. The Hall–Kier alpha value is -2.18. The standard InChI is InChI=1S/C12H19N7/c1-2-3-6-14-11-9(7-15-12(13)17-11)4-5-10-8-16-19-18-10/h7-8H,2-6H2,1H3,(H,16,18,19)(H3,13,14,15,17). The van der Waals surface area contributed by atoms with E-state index in [1.54, 1.807) is 12.4 Å². The minimum atomic E-state index is 0.296. The molecule has 7 heteroatoms. The zero-order valence-corrected chi connectivity index (χ0v) is 11.1. The molecule has 0 aliphatic rings. The molecule has 0 saturated heterocycles. The Morgan fingerprint density at radius 2 is 2.21 bits per heavy atom. The second kappa shape index (κ2) is 6.67. The molecule has 0 spiro atoms. The molecule has 102 valence electrons. The molecule has 2 heterocycles. The van der Waals surface area contributed by atoms with Crippen LogP contribution in [-0.2, 0) is 12.8 Å². The van der Waals surface area contributed by atoms with Crippen molar-refractivity contribution in [2.75, 3.05) is 17.6 Å². The van der Waals surface area contributed by atoms with E-state index in [1.165, 1.54) is 0 Å². The highest BCUT2D eigenvalue weighted by molar-refractivity contribution is 5.46. The van der Waals surface area contributed by atoms with Crippen LogP contribution >= 0.6 is 0 Å². The van der Waals surface area contributed by atoms with Crippen LogP contribution in [0.5, 0.6) is 0 Å². The van der Waals surface area contributed by atoms with Crippen LogP contribution in [0.3, 0.4) is 0 Å². The Morgan fingerprint density at radius 3 is 2.95 bits per heavy atom. The van der Waals surface area contributed by atoms with Crippen LogP contribution in [0.4, 0.5) is 11.8 Å². The third kappa shape index (κ3) is 3.90. The number of unbranched alkanes of at least 4 members (excludes halogenated alkanes) is 1. The van der Waals surface area contributed by atoms with Gasteiger partial charge in [0.25, 0.3) is 0 Å². The van der Waals surface area contributed by atoms with Crippen LogP contribution in [0.1, 0.15) is 31.0 Å². The van der Waals surface area contributed by atoms with Crippen molar-refractivity contribution in [3.8, 4) is 0 Å². The third-order valence-corrected chi connectivity index (χ3v) is 2.82. The van der Waals surface area contributed by atoms with Crippen molar-refractivity contribution in [2.45, 2.75) is 32.6 Å². The number of nitrogens with zero attached hydrogens (tertiary/aromatic N) is 4. The molecule has 2 aromatic heterocycles. The van der Waals surface area contributed by atoms with Crippen LogP contribution in [0.2, 0.25) is 0 Å². The smallest absolute Gasteiger partial charge is 0.221 e. The van der Waals surface area contributed by atoms with E-state index < -0.39 is 0 Å². The molecule has 0 aliphatic heterocycles. The molecule has 0 amide bonds. The molecule has 0 radical (unpaired) electrons. The first-order chi connectivity index (χ1) is 9.29. The molecule has 2 aromatic rings. The second-order valence-corrected chi connectivity index (χ2v) is 4.34. The van der Waals surface area contributed by atoms with Gasteiger partial charge in [0.15, 0.2) is 0 Å². The summed E-state index contributed by atoms with van der Waals surface area (Å²) < 4.78 is 0. The molecule has 19 heavy (non-hydrogen) atoms. The number of H-pyrrole nitrogens is 1. The number of nitrogens with two attached hydrogens (primary N) is 1. The lowest BCUT2D eigenvalue weighted by Gasteiger charge is -2.10. The molecule has 0 aromatic carbocycles. The summed E-state index contributed by atoms with van der Waals surface area (Å²) in [7, 11) is 0. The number of hydrogen-bond acceptors (Lipinski definition) is 6. The molecule has 2 rings (SSSR count). The van der Waals surface area contributed by atoms with E-state index in [0.717, 1.165) is 49.3 Å². The summed E-state index contributed by atoms with van der Waals surface area (Å²) in [4.78, 5) is 8.31. The van der Waals surface area contributed by atoms with Crippen LogP contribution in [-0.4, -0.2) is 31.9 Å². The zero-order chi connectivity index (χ0) is 13.5. The van der Waals surface area contributed by atoms with Crippen LogP contribution in [0.25, 0.3) is 0 Å². The zero-order valence-electron chi connectivity index (χ0n) is 11.1. The fourth-order valence-electron chi connectivity index (χ4n) is 1.75. The van der Waals surface area contributed by atoms with Gasteiger partial charge in [0.2, 0.25) is 5.95 Å². The molecule has 0 atom stereocenters. The third-order valence-electron chi connectivity index (χ3n) is 2.82. The number of nitrogens with one attached hydrogen (secondary N) is 2. The lowest BCUT2D eigenvalue weighted by atomic mass is 10.1. The van der Waals surface area contributed by atoms with E-state index in [-0.39, 0.29) is 0 Å². The molecule has 0 bridgehead atoms. The molecule has 0 saturated carbocycles. The van der Waals surface area contributed by atoms with Gasteiger partial charge >= 0.3 is 0 Å². The average molecular weight is 261 g/mol. The normalized spacial score (nSPS) is 10.6. The number of aromatic nitrogens is 5. The number of nitrogen functional groups attached to an aromatic ring is 1. The van der Waals surface area contributed by atoms with Crippen LogP contribution in [0, 0.1) is 0 Å². The summed E-state index contributed by atoms with van der Waals surface area (Å²) in [6.07, 6.45) is 7.35. The Kier molecular flexibility index (Phi) is 4.66. The number of aromatic amines is 1. The SMILES string of the molecule is CCCCNc1nc(N)ncc1CCc1cn[nH]n1. The van der Waals surface area contributed by atoms with Gasteiger partial charge in [-0.3, -0.25) is 0 Å². The predicted octanol–water partition coefficient (Wildman–Crippen LogP) is 1.17. The van der Waals surface area contributed by atoms with Gasteiger partial charge in [-0.25, -0.2) is 4.98 Å². The van der Waals surface area contributed by atoms with Crippen LogP contribution in [0.15, 0.2) is 12.4 Å². The summed E-state index contributed by atoms with van der Waals surface area (Å²) in [5, 5.41) is 13.7. The lowest BCUT2D eigenvalue weighted by Crippen LogP contribution is -2.09. The van der Waals surface area contributed by atoms with E-state index >= 15 is 0 Å². The van der Waals surface area contributed by atoms with Crippen molar-refractivity contribution in [3.63, 3.8) is 0 Å². The highest BCUT2D eigenvalue weighted by Gasteiger charge is 2.07. The van der Waals surface area contributed by atoms with E-state index in [2.05, 4.69) is 37.6 Å². The largest absolute Gasteiger partial charge is 0.370 e. The van der Waals surface area contributed by atoms with Gasteiger partial charge < -0.3 is 11.1 Å². The number of hydrogen-bond donors (Lipinski definition) is 3. The van der Waals surface area contributed by atoms with E-state index in [4.69, 9.17) is 5.73 Å². The van der Waals surface area contributed by atoms with Gasteiger partial charge in [-0.15, -0.1) is 0 Å². The average Bonchev–Trinajstić information content (AvgIpc) is 2.91. The van der Waals surface area contributed by atoms with Crippen molar-refractivity contribution < 1.29 is 0 Å². The topological polar surface area (TPSA) is 105 Å². The Balaban J connectivity index is 2.01. The fourth-order valence-corrected chi connectivity index (χ4v) is 1.75. The minimum absolute atomic E-state index is 0.296. The second-order valence-electron chi connectivity index (χ2n) is 4.34. The van der Waals surface area contributed by atoms with Crippen molar-refractivity contribution in [3.05, 3.63) is 23.7 Å². The van der Waals surface area contributed by atoms with Gasteiger partial charge in [-0.2, -0.15) is 20.4 Å². The first-order valence-electron chi connectivity index (χ1n) is 6.49. The summed E-state index contributed by atoms with van der Waals surface area (Å²) in [5.41, 5.74) is 7.61. The fraction of sp³-hybridized carbons (Fsp3) is 0.500. The molecule has 4 N–H and O–H groups in total. The first kappa shape index (κ1) is 13.3. The Bertz CT molecular complexity index is 495. The maximum atomic E-state index is 5.63. The Labute approximate surface area is 112 Å². The summed E-state index contributed by atoms with van der Waals surface area (Å²) in [6.45, 7) is 3.05. The first-order valence-corrected chi connectivity index (χ1v) is 6.49. The van der Waals surface area contributed by atoms with Crippen molar-refractivity contribution in [2.24, 2.45) is 0 Å². The maximum absolute atomic E-state index is 5.63. The summed E-state index contributed by atoms with van der Waals surface area (Å²) in [6, 6.07) is 0. The number of aryl methyl sites for hydroxylation is 2. The number of rotatable bonds is 7. The molecule has 0 unspecified atom stereocenters. The molecule has 0 fully saturated rings. The minimum Gasteiger partial charge on any atom is -0.370 e. The van der Waals surface area contributed by atoms with Crippen LogP contribution < -0.4 is 11.1 Å². The van der Waals surface area contributed by atoms with Gasteiger partial charge in [0.1, 0.15) is 5.82 Å². The van der Waals surface area contributed by atoms with Crippen molar-refractivity contribution in [1.29, 1.82) is 0 Å². The summed E-state index contributed by atoms with van der Waals surface area (Å²) >= 11 is 0. The predicted molar refractivity (Wildman–Crippen MR) is 73.6 cm³/mol. The maximum Gasteiger partial charge on any atom is 0.221 e. The Morgan fingerprint density at radius 1 is 1.32 bits per heavy atom. The molecule has 0 aliphatic carbocycles. The molecule has 7 nitrogen and oxygen atoms in total. The van der Waals surface area contributed by atoms with Gasteiger partial charge in [0, 0.05) is 18.3 Å². The molecular weight excluding hydrogens is 242 g/mol. The summed E-state index contributed by atoms with van der Waals surface area (Å²) in [5.74, 6) is 1.12. The lowest BCUT2D eigenvalue weighted by molar-refractivity contribution is 0.823. The van der Waals surface area contributed by atoms with Crippen molar-refractivity contribution >= 4 is 11.8 Å². The molecular formula is C12H19N7. The van der Waals surface area contributed by atoms with Gasteiger partial charge in [-0.05, 0) is 19.3 Å². The van der Waals surface area contributed by atoms with Gasteiger partial charge in [-0.1, -0.05) is 13.3 Å². The van der Waals surface area contributed by atoms with E-state index in [0.29, 0.717) is 5.95 Å². The highest BCUT2D eigenvalue weighted by Crippen LogP contribution is 2.15. The van der Waals surface area contributed by atoms with E-state index in [9.17, 15) is 0 Å².